The predicted octanol–water partition coefficient (Wildman–Crippen LogP) is 3.80. The third-order valence-electron chi connectivity index (χ3n) is 4.31. The smallest absolute Gasteiger partial charge is 0.0318 e. The first kappa shape index (κ1) is 9.55. The van der Waals surface area contributed by atoms with Crippen molar-refractivity contribution in [3.63, 3.8) is 0 Å². The van der Waals surface area contributed by atoms with E-state index in [1.165, 1.54) is 32.1 Å². The van der Waals surface area contributed by atoms with Crippen LogP contribution in [0.5, 0.6) is 0 Å². The van der Waals surface area contributed by atoms with Crippen LogP contribution in [0.25, 0.3) is 0 Å². The number of fused-ring (bicyclic) bond motifs is 1. The molecule has 2 rings (SSSR count). The molecule has 5 unspecified atom stereocenters. The molecule has 2 aliphatic rings. The summed E-state index contributed by atoms with van der Waals surface area (Å²) in [6, 6.07) is 0. The van der Waals surface area contributed by atoms with E-state index in [1.807, 2.05) is 0 Å². The van der Waals surface area contributed by atoms with Gasteiger partial charge in [-0.1, -0.05) is 20.3 Å². The van der Waals surface area contributed by atoms with Crippen LogP contribution in [0.1, 0.15) is 46.0 Å². The van der Waals surface area contributed by atoms with Gasteiger partial charge in [0.2, 0.25) is 0 Å². The van der Waals surface area contributed by atoms with Gasteiger partial charge < -0.3 is 0 Å². The van der Waals surface area contributed by atoms with Crippen LogP contribution in [0.2, 0.25) is 0 Å². The van der Waals surface area contributed by atoms with Gasteiger partial charge in [-0.25, -0.2) is 0 Å². The van der Waals surface area contributed by atoms with Crippen LogP contribution in [-0.2, 0) is 0 Å². The van der Waals surface area contributed by atoms with Crippen LogP contribution in [0.3, 0.4) is 0 Å². The second kappa shape index (κ2) is 3.63. The monoisotopic (exact) mass is 178 g/mol. The second-order valence-electron chi connectivity index (χ2n) is 5.55. The lowest BCUT2D eigenvalue weighted by Crippen LogP contribution is -2.34. The van der Waals surface area contributed by atoms with Gasteiger partial charge >= 0.3 is 0 Å². The summed E-state index contributed by atoms with van der Waals surface area (Å²) in [4.78, 5) is 0. The van der Waals surface area contributed by atoms with Gasteiger partial charge in [0.05, 0.1) is 0 Å². The highest BCUT2D eigenvalue weighted by Gasteiger charge is 2.36. The molecule has 13 heavy (non-hydrogen) atoms. The van der Waals surface area contributed by atoms with Crippen molar-refractivity contribution >= 4 is 0 Å². The van der Waals surface area contributed by atoms with E-state index in [9.17, 15) is 0 Å². The molecular weight excluding hydrogens is 156 g/mol. The summed E-state index contributed by atoms with van der Waals surface area (Å²) < 4.78 is 0. The molecule has 2 radical (unpaired) electrons. The lowest BCUT2D eigenvalue weighted by Gasteiger charge is -2.44. The van der Waals surface area contributed by atoms with Crippen LogP contribution < -0.4 is 0 Å². The van der Waals surface area contributed by atoms with Crippen molar-refractivity contribution in [1.29, 1.82) is 0 Å². The normalized spacial score (nSPS) is 51.5. The highest BCUT2D eigenvalue weighted by molar-refractivity contribution is 4.88. The summed E-state index contributed by atoms with van der Waals surface area (Å²) in [6.45, 7) is 10.9. The molecule has 0 aromatic carbocycles. The topological polar surface area (TPSA) is 0 Å². The maximum atomic E-state index is 6.08. The predicted molar refractivity (Wildman–Crippen MR) is 56.2 cm³/mol. The fourth-order valence-corrected chi connectivity index (χ4v) is 3.68. The van der Waals surface area contributed by atoms with E-state index < -0.39 is 0 Å². The Kier molecular flexibility index (Phi) is 2.67. The molecular formula is C13H22. The standard InChI is InChI=1S/C13H22/c1-9-4-5-13-11(3)6-10(2)8-12(13)7-9/h2,9-13H,4-8H2,1,3H3. The zero-order chi connectivity index (χ0) is 9.42. The molecule has 2 fully saturated rings. The summed E-state index contributed by atoms with van der Waals surface area (Å²) in [5.41, 5.74) is 0. The van der Waals surface area contributed by atoms with E-state index in [4.69, 9.17) is 6.92 Å². The largest absolute Gasteiger partial charge is 0.0625 e. The maximum Gasteiger partial charge on any atom is -0.0318 e. The van der Waals surface area contributed by atoms with Gasteiger partial charge in [0.15, 0.2) is 0 Å². The molecule has 0 aliphatic heterocycles. The lowest BCUT2D eigenvalue weighted by molar-refractivity contribution is 0.0688. The number of rotatable bonds is 0. The number of hydrogen-bond acceptors (Lipinski definition) is 0. The molecule has 0 heteroatoms. The van der Waals surface area contributed by atoms with Gasteiger partial charge in [-0.05, 0) is 62.2 Å². The summed E-state index contributed by atoms with van der Waals surface area (Å²) in [6.07, 6.45) is 6.96. The first-order valence-electron chi connectivity index (χ1n) is 5.92. The van der Waals surface area contributed by atoms with E-state index in [-0.39, 0.29) is 0 Å². The average Bonchev–Trinajstić information content (AvgIpc) is 2.02. The van der Waals surface area contributed by atoms with E-state index in [1.54, 1.807) is 0 Å². The Morgan fingerprint density at radius 2 is 1.77 bits per heavy atom. The molecule has 0 N–H and O–H groups in total. The fraction of sp³-hybridized carbons (Fsp3) is 0.923. The Hall–Kier alpha value is 0. The highest BCUT2D eigenvalue weighted by atomic mass is 14.4. The van der Waals surface area contributed by atoms with E-state index in [2.05, 4.69) is 13.8 Å². The minimum Gasteiger partial charge on any atom is -0.0625 e. The molecule has 74 valence electrons. The van der Waals surface area contributed by atoms with Crippen molar-refractivity contribution in [2.24, 2.45) is 29.6 Å². The highest BCUT2D eigenvalue weighted by Crippen LogP contribution is 2.46. The second-order valence-corrected chi connectivity index (χ2v) is 5.55. The van der Waals surface area contributed by atoms with Gasteiger partial charge in [-0.3, -0.25) is 0 Å². The lowest BCUT2D eigenvalue weighted by atomic mass is 9.61. The summed E-state index contributed by atoms with van der Waals surface area (Å²) in [7, 11) is 0. The van der Waals surface area contributed by atoms with Gasteiger partial charge in [0, 0.05) is 0 Å². The molecule has 2 aliphatic carbocycles. The zero-order valence-electron chi connectivity index (χ0n) is 9.00. The van der Waals surface area contributed by atoms with Gasteiger partial charge in [-0.2, -0.15) is 0 Å². The quantitative estimate of drug-likeness (QED) is 0.529. The third kappa shape index (κ3) is 1.92. The first-order valence-corrected chi connectivity index (χ1v) is 5.92. The van der Waals surface area contributed by atoms with Crippen LogP contribution in [-0.4, -0.2) is 0 Å². The van der Waals surface area contributed by atoms with Crippen molar-refractivity contribution in [3.8, 4) is 0 Å². The minimum atomic E-state index is 0.501. The molecule has 0 bridgehead atoms. The van der Waals surface area contributed by atoms with Crippen molar-refractivity contribution in [3.05, 3.63) is 6.92 Å². The minimum absolute atomic E-state index is 0.501. The summed E-state index contributed by atoms with van der Waals surface area (Å²) in [5, 5.41) is 0. The Labute approximate surface area is 83.1 Å². The first-order chi connectivity index (χ1) is 6.16. The molecule has 0 aromatic heterocycles. The van der Waals surface area contributed by atoms with E-state index in [0.717, 1.165) is 23.7 Å². The maximum absolute atomic E-state index is 6.08. The van der Waals surface area contributed by atoms with Crippen molar-refractivity contribution in [2.75, 3.05) is 0 Å². The van der Waals surface area contributed by atoms with Crippen LogP contribution in [0.15, 0.2) is 0 Å². The summed E-state index contributed by atoms with van der Waals surface area (Å²) >= 11 is 0. The van der Waals surface area contributed by atoms with Crippen LogP contribution >= 0.6 is 0 Å². The third-order valence-corrected chi connectivity index (χ3v) is 4.31. The van der Waals surface area contributed by atoms with Gasteiger partial charge in [-0.15, -0.1) is 0 Å². The molecule has 2 saturated carbocycles. The van der Waals surface area contributed by atoms with Crippen molar-refractivity contribution in [1.82, 2.24) is 0 Å². The average molecular weight is 178 g/mol. The van der Waals surface area contributed by atoms with Crippen molar-refractivity contribution < 1.29 is 0 Å². The Balaban J connectivity index is 2.02. The fourth-order valence-electron chi connectivity index (χ4n) is 3.68. The number of hydrogen-bond donors (Lipinski definition) is 0. The summed E-state index contributed by atoms with van der Waals surface area (Å²) in [5.74, 6) is 4.32. The molecule has 0 nitrogen and oxygen atoms in total. The van der Waals surface area contributed by atoms with Gasteiger partial charge in [0.1, 0.15) is 0 Å². The molecule has 0 aromatic rings. The molecule has 5 atom stereocenters. The van der Waals surface area contributed by atoms with Crippen LogP contribution in [0.4, 0.5) is 0 Å². The van der Waals surface area contributed by atoms with E-state index >= 15 is 0 Å². The Bertz CT molecular complexity index is 171. The Morgan fingerprint density at radius 1 is 1.00 bits per heavy atom. The molecule has 0 spiro atoms. The Morgan fingerprint density at radius 3 is 2.54 bits per heavy atom. The van der Waals surface area contributed by atoms with Crippen molar-refractivity contribution in [2.45, 2.75) is 46.0 Å². The zero-order valence-corrected chi connectivity index (χ0v) is 9.00. The molecule has 0 amide bonds. The molecule has 0 saturated heterocycles. The molecule has 0 heterocycles. The van der Waals surface area contributed by atoms with E-state index in [0.29, 0.717) is 5.92 Å². The SMILES string of the molecule is [CH]C1CC(C)C2CCC(C)CC2C1. The van der Waals surface area contributed by atoms with Gasteiger partial charge in [0.25, 0.3) is 0 Å². The van der Waals surface area contributed by atoms with Crippen LogP contribution in [0, 0.1) is 36.5 Å².